The molecule has 0 bridgehead atoms. The van der Waals surface area contributed by atoms with Crippen molar-refractivity contribution in [1.29, 1.82) is 0 Å². The fourth-order valence-corrected chi connectivity index (χ4v) is 1.68. The highest BCUT2D eigenvalue weighted by Crippen LogP contribution is 2.33. The van der Waals surface area contributed by atoms with Crippen LogP contribution in [-0.2, 0) is 9.47 Å². The van der Waals surface area contributed by atoms with Crippen molar-refractivity contribution >= 4 is 23.1 Å². The molecule has 2 aromatic carbocycles. The summed E-state index contributed by atoms with van der Waals surface area (Å²) < 4.78 is 19.0. The van der Waals surface area contributed by atoms with E-state index in [-0.39, 0.29) is 0 Å². The Labute approximate surface area is 114 Å². The van der Waals surface area contributed by atoms with Crippen molar-refractivity contribution in [2.75, 3.05) is 14.2 Å². The quantitative estimate of drug-likeness (QED) is 0.620. The summed E-state index contributed by atoms with van der Waals surface area (Å²) in [5.41, 5.74) is 0. The van der Waals surface area contributed by atoms with Crippen LogP contribution in [0.25, 0.3) is 10.8 Å². The third-order valence-corrected chi connectivity index (χ3v) is 2.56. The molecular formula is C14H12O6. The molecule has 2 rings (SSSR count). The number of fused-ring (bicyclic) bond motifs is 1. The molecular weight excluding hydrogens is 264 g/mol. The van der Waals surface area contributed by atoms with E-state index < -0.39 is 12.3 Å². The first-order valence-corrected chi connectivity index (χ1v) is 5.69. The van der Waals surface area contributed by atoms with Crippen molar-refractivity contribution in [3.8, 4) is 11.5 Å². The van der Waals surface area contributed by atoms with Crippen molar-refractivity contribution < 1.29 is 28.5 Å². The van der Waals surface area contributed by atoms with Gasteiger partial charge in [-0.1, -0.05) is 24.3 Å². The lowest BCUT2D eigenvalue weighted by Gasteiger charge is -2.10. The van der Waals surface area contributed by atoms with Gasteiger partial charge >= 0.3 is 12.3 Å². The summed E-state index contributed by atoms with van der Waals surface area (Å²) in [4.78, 5) is 22.4. The number of carbonyl (C=O) groups is 2. The van der Waals surface area contributed by atoms with Gasteiger partial charge in [-0.15, -0.1) is 0 Å². The first-order valence-electron chi connectivity index (χ1n) is 5.69. The van der Waals surface area contributed by atoms with Crippen LogP contribution in [0.3, 0.4) is 0 Å². The van der Waals surface area contributed by atoms with Crippen molar-refractivity contribution in [1.82, 2.24) is 0 Å². The van der Waals surface area contributed by atoms with Crippen LogP contribution in [0.4, 0.5) is 9.59 Å². The highest BCUT2D eigenvalue weighted by Gasteiger charge is 2.13. The second kappa shape index (κ2) is 5.92. The normalized spacial score (nSPS) is 9.90. The minimum atomic E-state index is -0.822. The van der Waals surface area contributed by atoms with Crippen molar-refractivity contribution in [3.05, 3.63) is 36.4 Å². The number of benzene rings is 2. The number of carbonyl (C=O) groups excluding carboxylic acids is 2. The summed E-state index contributed by atoms with van der Waals surface area (Å²) in [5.74, 6) is 0.620. The van der Waals surface area contributed by atoms with E-state index in [4.69, 9.17) is 9.47 Å². The lowest BCUT2D eigenvalue weighted by Crippen LogP contribution is -2.09. The van der Waals surface area contributed by atoms with E-state index in [0.29, 0.717) is 22.3 Å². The fourth-order valence-electron chi connectivity index (χ4n) is 1.68. The van der Waals surface area contributed by atoms with Crippen molar-refractivity contribution in [2.24, 2.45) is 0 Å². The Hall–Kier alpha value is -2.76. The van der Waals surface area contributed by atoms with Gasteiger partial charge in [-0.25, -0.2) is 9.59 Å². The maximum atomic E-state index is 11.2. The second-order valence-corrected chi connectivity index (χ2v) is 3.72. The molecule has 0 spiro atoms. The number of hydrogen-bond acceptors (Lipinski definition) is 6. The average molecular weight is 276 g/mol. The van der Waals surface area contributed by atoms with Crippen LogP contribution in [0.15, 0.2) is 36.4 Å². The zero-order valence-corrected chi connectivity index (χ0v) is 10.9. The number of hydrogen-bond donors (Lipinski definition) is 0. The van der Waals surface area contributed by atoms with Crippen molar-refractivity contribution in [2.45, 2.75) is 0 Å². The molecule has 104 valence electrons. The minimum Gasteiger partial charge on any atom is -0.437 e. The average Bonchev–Trinajstić information content (AvgIpc) is 2.49. The van der Waals surface area contributed by atoms with E-state index in [1.807, 2.05) is 0 Å². The first kappa shape index (κ1) is 13.7. The Morgan fingerprint density at radius 2 is 1.15 bits per heavy atom. The van der Waals surface area contributed by atoms with Crippen LogP contribution >= 0.6 is 0 Å². The lowest BCUT2D eigenvalue weighted by atomic mass is 10.1. The van der Waals surface area contributed by atoms with Crippen LogP contribution in [0.5, 0.6) is 11.5 Å². The third-order valence-electron chi connectivity index (χ3n) is 2.56. The highest BCUT2D eigenvalue weighted by molar-refractivity contribution is 5.95. The molecule has 6 heteroatoms. The van der Waals surface area contributed by atoms with E-state index >= 15 is 0 Å². The fraction of sp³-hybridized carbons (Fsp3) is 0.143. The molecule has 2 aromatic rings. The zero-order chi connectivity index (χ0) is 14.5. The lowest BCUT2D eigenvalue weighted by molar-refractivity contribution is 0.120. The van der Waals surface area contributed by atoms with Crippen LogP contribution in [0, 0.1) is 0 Å². The molecule has 0 amide bonds. The van der Waals surface area contributed by atoms with E-state index in [1.165, 1.54) is 26.4 Å². The predicted octanol–water partition coefficient (Wildman–Crippen LogP) is 3.13. The van der Waals surface area contributed by atoms with E-state index in [2.05, 4.69) is 9.47 Å². The summed E-state index contributed by atoms with van der Waals surface area (Å²) >= 11 is 0. The van der Waals surface area contributed by atoms with Gasteiger partial charge in [0, 0.05) is 10.8 Å². The topological polar surface area (TPSA) is 71.1 Å². The summed E-state index contributed by atoms with van der Waals surface area (Å²) in [6, 6.07) is 10.0. The minimum absolute atomic E-state index is 0.310. The monoisotopic (exact) mass is 276 g/mol. The Kier molecular flexibility index (Phi) is 4.05. The van der Waals surface area contributed by atoms with E-state index in [0.717, 1.165) is 0 Å². The Morgan fingerprint density at radius 3 is 1.50 bits per heavy atom. The summed E-state index contributed by atoms with van der Waals surface area (Å²) in [5, 5.41) is 1.22. The molecule has 0 unspecified atom stereocenters. The zero-order valence-electron chi connectivity index (χ0n) is 10.9. The van der Waals surface area contributed by atoms with Gasteiger partial charge in [0.1, 0.15) is 11.5 Å². The van der Waals surface area contributed by atoms with Crippen LogP contribution in [-0.4, -0.2) is 26.5 Å². The molecule has 0 aromatic heterocycles. The maximum Gasteiger partial charge on any atom is 0.513 e. The summed E-state index contributed by atoms with van der Waals surface area (Å²) in [7, 11) is 2.44. The molecule has 0 fully saturated rings. The standard InChI is InChI=1S/C14H12O6/c1-17-13(15)19-11-7-8-12(20-14(16)18-2)10-6-4-3-5-9(10)11/h3-8H,1-2H3. The Morgan fingerprint density at radius 1 is 0.750 bits per heavy atom. The third kappa shape index (κ3) is 2.80. The molecule has 6 nitrogen and oxygen atoms in total. The Balaban J connectivity index is 2.46. The SMILES string of the molecule is COC(=O)Oc1ccc(OC(=O)OC)c2ccccc12. The van der Waals surface area contributed by atoms with Crippen molar-refractivity contribution in [3.63, 3.8) is 0 Å². The molecule has 0 N–H and O–H groups in total. The summed E-state index contributed by atoms with van der Waals surface area (Å²) in [6.45, 7) is 0. The first-order chi connectivity index (χ1) is 9.65. The van der Waals surface area contributed by atoms with Gasteiger partial charge in [-0.3, -0.25) is 0 Å². The molecule has 0 radical (unpaired) electrons. The molecule has 0 aliphatic heterocycles. The van der Waals surface area contributed by atoms with Crippen LogP contribution in [0.1, 0.15) is 0 Å². The number of rotatable bonds is 2. The number of ether oxygens (including phenoxy) is 4. The summed E-state index contributed by atoms with van der Waals surface area (Å²) in [6.07, 6.45) is -1.64. The molecule has 20 heavy (non-hydrogen) atoms. The maximum absolute atomic E-state index is 11.2. The van der Waals surface area contributed by atoms with Gasteiger partial charge in [-0.2, -0.15) is 0 Å². The molecule has 0 heterocycles. The van der Waals surface area contributed by atoms with Gasteiger partial charge < -0.3 is 18.9 Å². The van der Waals surface area contributed by atoms with Gasteiger partial charge in [0.05, 0.1) is 14.2 Å². The molecule has 0 aliphatic rings. The molecule has 0 atom stereocenters. The van der Waals surface area contributed by atoms with Gasteiger partial charge in [0.25, 0.3) is 0 Å². The molecule has 0 aliphatic carbocycles. The van der Waals surface area contributed by atoms with Gasteiger partial charge in [-0.05, 0) is 12.1 Å². The van der Waals surface area contributed by atoms with Crippen LogP contribution < -0.4 is 9.47 Å². The highest BCUT2D eigenvalue weighted by atomic mass is 16.7. The van der Waals surface area contributed by atoms with E-state index in [1.54, 1.807) is 24.3 Å². The smallest absolute Gasteiger partial charge is 0.437 e. The molecule has 0 saturated heterocycles. The van der Waals surface area contributed by atoms with Gasteiger partial charge in [0.2, 0.25) is 0 Å². The predicted molar refractivity (Wildman–Crippen MR) is 70.0 cm³/mol. The second-order valence-electron chi connectivity index (χ2n) is 3.72. The largest absolute Gasteiger partial charge is 0.513 e. The van der Waals surface area contributed by atoms with E-state index in [9.17, 15) is 9.59 Å². The Bertz CT molecular complexity index is 593. The molecule has 0 saturated carbocycles. The van der Waals surface area contributed by atoms with Gasteiger partial charge in [0.15, 0.2) is 0 Å². The number of methoxy groups -OCH3 is 2. The van der Waals surface area contributed by atoms with Crippen LogP contribution in [0.2, 0.25) is 0 Å².